The predicted molar refractivity (Wildman–Crippen MR) is 46.7 cm³/mol. The van der Waals surface area contributed by atoms with Crippen LogP contribution >= 0.6 is 0 Å². The summed E-state index contributed by atoms with van der Waals surface area (Å²) in [7, 11) is 0. The second-order valence-corrected chi connectivity index (χ2v) is 3.71. The zero-order valence-electron chi connectivity index (χ0n) is 7.90. The van der Waals surface area contributed by atoms with Crippen molar-refractivity contribution in [3.63, 3.8) is 0 Å². The Morgan fingerprint density at radius 2 is 2.00 bits per heavy atom. The average Bonchev–Trinajstić information content (AvgIpc) is 2.07. The third-order valence-electron chi connectivity index (χ3n) is 2.76. The van der Waals surface area contributed by atoms with Crippen molar-refractivity contribution in [1.82, 2.24) is 0 Å². The van der Waals surface area contributed by atoms with E-state index in [2.05, 4.69) is 19.2 Å². The summed E-state index contributed by atoms with van der Waals surface area (Å²) in [4.78, 5) is 1.83. The van der Waals surface area contributed by atoms with Gasteiger partial charge in [0, 0.05) is 0 Å². The Kier molecular flexibility index (Phi) is 3.87. The maximum Gasteiger partial charge on any atom is 0.127 e. The highest BCUT2D eigenvalue weighted by molar-refractivity contribution is 4.47. The van der Waals surface area contributed by atoms with Gasteiger partial charge in [-0.1, -0.05) is 13.3 Å². The minimum atomic E-state index is 0.897. The molecule has 2 nitrogen and oxygen atoms in total. The lowest BCUT2D eigenvalue weighted by Crippen LogP contribution is -3.22. The van der Waals surface area contributed by atoms with Crippen molar-refractivity contribution >= 4 is 0 Å². The second-order valence-electron chi connectivity index (χ2n) is 3.71. The smallest absolute Gasteiger partial charge is 0.127 e. The molecule has 3 N–H and O–H groups in total. The zero-order valence-corrected chi connectivity index (χ0v) is 7.90. The minimum absolute atomic E-state index is 0.897. The fraction of sp³-hybridized carbons (Fsp3) is 1.00. The van der Waals surface area contributed by atoms with Gasteiger partial charge in [0.2, 0.25) is 0 Å². The molecule has 0 aromatic rings. The molecule has 2 heteroatoms. The summed E-state index contributed by atoms with van der Waals surface area (Å²) in [5.41, 5.74) is 0. The van der Waals surface area contributed by atoms with Crippen LogP contribution in [0.5, 0.6) is 0 Å². The molecular formula is C9H22N2+2. The fourth-order valence-corrected chi connectivity index (χ4v) is 1.97. The van der Waals surface area contributed by atoms with Crippen LogP contribution in [-0.4, -0.2) is 32.2 Å². The quantitative estimate of drug-likeness (QED) is 0.506. The molecule has 0 unspecified atom stereocenters. The highest BCUT2D eigenvalue weighted by Gasteiger charge is 2.20. The molecule has 0 spiro atoms. The third kappa shape index (κ3) is 2.80. The summed E-state index contributed by atoms with van der Waals surface area (Å²) in [5.74, 6) is 0. The van der Waals surface area contributed by atoms with E-state index in [9.17, 15) is 0 Å². The largest absolute Gasteiger partial charge is 0.337 e. The van der Waals surface area contributed by atoms with Gasteiger partial charge in [0.05, 0.1) is 6.04 Å². The highest BCUT2D eigenvalue weighted by atomic mass is 15.2. The van der Waals surface area contributed by atoms with Crippen molar-refractivity contribution in [2.75, 3.05) is 26.2 Å². The lowest BCUT2D eigenvalue weighted by atomic mass is 10.1. The van der Waals surface area contributed by atoms with Crippen LogP contribution in [0.2, 0.25) is 0 Å². The molecule has 1 aliphatic heterocycles. The Labute approximate surface area is 70.0 Å². The molecule has 0 amide bonds. The van der Waals surface area contributed by atoms with Crippen LogP contribution < -0.4 is 10.2 Å². The topological polar surface area (TPSA) is 21.1 Å². The van der Waals surface area contributed by atoms with E-state index in [4.69, 9.17) is 0 Å². The summed E-state index contributed by atoms with van der Waals surface area (Å²) >= 11 is 0. The summed E-state index contributed by atoms with van der Waals surface area (Å²) in [5, 5.41) is 2.43. The van der Waals surface area contributed by atoms with Crippen LogP contribution in [0.3, 0.4) is 0 Å². The fourth-order valence-electron chi connectivity index (χ4n) is 1.97. The molecule has 11 heavy (non-hydrogen) atoms. The first-order valence-electron chi connectivity index (χ1n) is 5.00. The molecule has 1 fully saturated rings. The zero-order chi connectivity index (χ0) is 8.10. The Morgan fingerprint density at radius 1 is 1.36 bits per heavy atom. The lowest BCUT2D eigenvalue weighted by Gasteiger charge is -2.27. The number of rotatable bonds is 3. The van der Waals surface area contributed by atoms with E-state index < -0.39 is 0 Å². The van der Waals surface area contributed by atoms with E-state index >= 15 is 0 Å². The predicted octanol–water partition coefficient (Wildman–Crippen LogP) is -1.36. The molecule has 0 aromatic carbocycles. The van der Waals surface area contributed by atoms with Crippen molar-refractivity contribution in [3.05, 3.63) is 0 Å². The van der Waals surface area contributed by atoms with Gasteiger partial charge in [-0.05, 0) is 13.3 Å². The summed E-state index contributed by atoms with van der Waals surface area (Å²) in [6, 6.07) is 0.897. The standard InChI is InChI=1S/C9H20N2/c1-3-4-9(2)11-7-5-10-6-8-11/h9-10H,3-8H2,1-2H3/p+2/t9-/m1/s1. The van der Waals surface area contributed by atoms with E-state index in [1.54, 1.807) is 0 Å². The Morgan fingerprint density at radius 3 is 2.55 bits per heavy atom. The highest BCUT2D eigenvalue weighted by Crippen LogP contribution is 1.90. The van der Waals surface area contributed by atoms with Gasteiger partial charge in [0.25, 0.3) is 0 Å². The average molecular weight is 158 g/mol. The van der Waals surface area contributed by atoms with Crippen LogP contribution in [0.4, 0.5) is 0 Å². The Bertz CT molecular complexity index is 97.7. The summed E-state index contributed by atoms with van der Waals surface area (Å²) in [6.45, 7) is 10.1. The van der Waals surface area contributed by atoms with E-state index in [1.807, 2.05) is 4.90 Å². The molecular weight excluding hydrogens is 136 g/mol. The number of nitrogens with two attached hydrogens (primary N) is 1. The molecule has 0 bridgehead atoms. The van der Waals surface area contributed by atoms with E-state index in [0.717, 1.165) is 6.04 Å². The summed E-state index contributed by atoms with van der Waals surface area (Å²) in [6.07, 6.45) is 2.74. The van der Waals surface area contributed by atoms with Gasteiger partial charge in [-0.3, -0.25) is 0 Å². The molecule has 1 atom stereocenters. The Hall–Kier alpha value is -0.0800. The van der Waals surface area contributed by atoms with Crippen molar-refractivity contribution in [3.8, 4) is 0 Å². The number of nitrogens with one attached hydrogen (secondary N) is 1. The van der Waals surface area contributed by atoms with Gasteiger partial charge in [0.15, 0.2) is 0 Å². The van der Waals surface area contributed by atoms with Gasteiger partial charge in [-0.2, -0.15) is 0 Å². The second kappa shape index (κ2) is 4.73. The first kappa shape index (κ1) is 9.01. The molecule has 1 saturated heterocycles. The van der Waals surface area contributed by atoms with E-state index in [-0.39, 0.29) is 0 Å². The molecule has 0 aliphatic carbocycles. The van der Waals surface area contributed by atoms with Gasteiger partial charge < -0.3 is 10.2 Å². The van der Waals surface area contributed by atoms with Crippen LogP contribution in [0, 0.1) is 0 Å². The molecule has 0 radical (unpaired) electrons. The van der Waals surface area contributed by atoms with Gasteiger partial charge >= 0.3 is 0 Å². The van der Waals surface area contributed by atoms with Crippen LogP contribution in [0.25, 0.3) is 0 Å². The van der Waals surface area contributed by atoms with Crippen LogP contribution in [0.15, 0.2) is 0 Å². The number of hydrogen-bond acceptors (Lipinski definition) is 0. The van der Waals surface area contributed by atoms with Crippen LogP contribution in [0.1, 0.15) is 26.7 Å². The normalized spacial score (nSPS) is 23.5. The van der Waals surface area contributed by atoms with Crippen molar-refractivity contribution in [2.24, 2.45) is 0 Å². The van der Waals surface area contributed by atoms with Crippen molar-refractivity contribution < 1.29 is 10.2 Å². The SMILES string of the molecule is CCC[C@@H](C)[NH+]1CC[NH2+]CC1. The first-order valence-corrected chi connectivity index (χ1v) is 5.00. The third-order valence-corrected chi connectivity index (χ3v) is 2.76. The molecule has 1 rings (SSSR count). The molecule has 66 valence electrons. The van der Waals surface area contributed by atoms with E-state index in [1.165, 1.54) is 39.0 Å². The Balaban J connectivity index is 2.21. The minimum Gasteiger partial charge on any atom is -0.337 e. The number of hydrogen-bond donors (Lipinski definition) is 2. The molecule has 1 heterocycles. The van der Waals surface area contributed by atoms with E-state index in [0.29, 0.717) is 0 Å². The van der Waals surface area contributed by atoms with Gasteiger partial charge in [-0.25, -0.2) is 0 Å². The van der Waals surface area contributed by atoms with Crippen molar-refractivity contribution in [2.45, 2.75) is 32.7 Å². The summed E-state index contributed by atoms with van der Waals surface area (Å²) < 4.78 is 0. The maximum absolute atomic E-state index is 2.43. The monoisotopic (exact) mass is 158 g/mol. The first-order chi connectivity index (χ1) is 5.34. The van der Waals surface area contributed by atoms with Gasteiger partial charge in [0.1, 0.15) is 26.2 Å². The van der Waals surface area contributed by atoms with Crippen molar-refractivity contribution in [1.29, 1.82) is 0 Å². The molecule has 0 saturated carbocycles. The molecule has 0 aromatic heterocycles. The van der Waals surface area contributed by atoms with Gasteiger partial charge in [-0.15, -0.1) is 0 Å². The number of quaternary nitrogens is 2. The lowest BCUT2D eigenvalue weighted by molar-refractivity contribution is -0.965. The number of piperazine rings is 1. The molecule has 1 aliphatic rings. The maximum atomic E-state index is 2.43. The van der Waals surface area contributed by atoms with Crippen LogP contribution in [-0.2, 0) is 0 Å².